The van der Waals surface area contributed by atoms with E-state index in [0.717, 1.165) is 12.8 Å². The zero-order valence-corrected chi connectivity index (χ0v) is 12.0. The molecule has 0 spiro atoms. The van der Waals surface area contributed by atoms with Crippen molar-refractivity contribution in [2.45, 2.75) is 19.8 Å². The van der Waals surface area contributed by atoms with E-state index < -0.39 is 4.92 Å². The number of nitrogens with zero attached hydrogens (tertiary/aromatic N) is 2. The van der Waals surface area contributed by atoms with Gasteiger partial charge in [-0.15, -0.1) is 0 Å². The Morgan fingerprint density at radius 1 is 1.45 bits per heavy atom. The molecule has 6 heteroatoms. The smallest absolute Gasteiger partial charge is 0.292 e. The summed E-state index contributed by atoms with van der Waals surface area (Å²) in [5, 5.41) is 14.2. The van der Waals surface area contributed by atoms with Crippen molar-refractivity contribution < 1.29 is 9.72 Å². The van der Waals surface area contributed by atoms with Crippen molar-refractivity contribution in [1.29, 1.82) is 0 Å². The molecule has 1 aliphatic rings. The molecule has 0 saturated heterocycles. The largest absolute Gasteiger partial charge is 0.379 e. The van der Waals surface area contributed by atoms with E-state index in [1.54, 1.807) is 20.2 Å². The highest BCUT2D eigenvalue weighted by molar-refractivity contribution is 5.95. The third-order valence-corrected chi connectivity index (χ3v) is 3.66. The summed E-state index contributed by atoms with van der Waals surface area (Å²) < 4.78 is 0. The Morgan fingerprint density at radius 2 is 2.10 bits per heavy atom. The molecule has 6 nitrogen and oxygen atoms in total. The van der Waals surface area contributed by atoms with E-state index in [2.05, 4.69) is 12.2 Å². The predicted molar refractivity (Wildman–Crippen MR) is 76.9 cm³/mol. The zero-order chi connectivity index (χ0) is 14.9. The molecule has 0 radical (unpaired) electrons. The van der Waals surface area contributed by atoms with Gasteiger partial charge in [0.15, 0.2) is 0 Å². The molecule has 1 amide bonds. The first-order chi connectivity index (χ1) is 9.32. The van der Waals surface area contributed by atoms with Crippen molar-refractivity contribution in [2.75, 3.05) is 26.0 Å². The molecule has 0 aliphatic heterocycles. The van der Waals surface area contributed by atoms with Gasteiger partial charge in [-0.2, -0.15) is 0 Å². The molecule has 0 bridgehead atoms. The van der Waals surface area contributed by atoms with Crippen molar-refractivity contribution in [3.05, 3.63) is 33.9 Å². The van der Waals surface area contributed by atoms with Crippen molar-refractivity contribution >= 4 is 17.3 Å². The summed E-state index contributed by atoms with van der Waals surface area (Å²) in [5.41, 5.74) is 1.10. The van der Waals surface area contributed by atoms with Gasteiger partial charge in [-0.25, -0.2) is 0 Å². The molecule has 0 heterocycles. The van der Waals surface area contributed by atoms with Gasteiger partial charge in [-0.3, -0.25) is 14.9 Å². The van der Waals surface area contributed by atoms with Gasteiger partial charge < -0.3 is 10.2 Å². The highest BCUT2D eigenvalue weighted by Crippen LogP contribution is 2.45. The van der Waals surface area contributed by atoms with Crippen LogP contribution in [0, 0.1) is 15.5 Å². The summed E-state index contributed by atoms with van der Waals surface area (Å²) in [6.07, 6.45) is 2.26. The zero-order valence-electron chi connectivity index (χ0n) is 12.0. The SMILES string of the molecule is CN(C)C(=O)c1ccc([N+](=O)[O-])c(NCC2(C)CC2)c1. The summed E-state index contributed by atoms with van der Waals surface area (Å²) >= 11 is 0. The van der Waals surface area contributed by atoms with E-state index in [0.29, 0.717) is 17.8 Å². The number of benzene rings is 1. The van der Waals surface area contributed by atoms with Crippen LogP contribution in [0.25, 0.3) is 0 Å². The number of nitro groups is 1. The number of hydrogen-bond acceptors (Lipinski definition) is 4. The van der Waals surface area contributed by atoms with Gasteiger partial charge in [-0.1, -0.05) is 6.92 Å². The Morgan fingerprint density at radius 3 is 2.60 bits per heavy atom. The van der Waals surface area contributed by atoms with Crippen LogP contribution in [-0.2, 0) is 0 Å². The highest BCUT2D eigenvalue weighted by Gasteiger charge is 2.37. The minimum atomic E-state index is -0.429. The monoisotopic (exact) mass is 277 g/mol. The molecule has 1 aromatic rings. The van der Waals surface area contributed by atoms with E-state index >= 15 is 0 Å². The standard InChI is InChI=1S/C14H19N3O3/c1-14(6-7-14)9-15-11-8-10(13(18)16(2)3)4-5-12(11)17(19)20/h4-5,8,15H,6-7,9H2,1-3H3. The Bertz CT molecular complexity index is 551. The van der Waals surface area contributed by atoms with Crippen molar-refractivity contribution in [3.63, 3.8) is 0 Å². The molecule has 2 rings (SSSR count). The number of amides is 1. The van der Waals surface area contributed by atoms with Crippen LogP contribution >= 0.6 is 0 Å². The summed E-state index contributed by atoms with van der Waals surface area (Å²) in [6, 6.07) is 4.44. The molecule has 1 N–H and O–H groups in total. The van der Waals surface area contributed by atoms with Crippen LogP contribution in [0.15, 0.2) is 18.2 Å². The Labute approximate surface area is 117 Å². The Kier molecular flexibility index (Phi) is 3.65. The second-order valence-electron chi connectivity index (χ2n) is 5.85. The lowest BCUT2D eigenvalue weighted by atomic mass is 10.1. The minimum absolute atomic E-state index is 0.00422. The summed E-state index contributed by atoms with van der Waals surface area (Å²) in [5.74, 6) is -0.166. The number of carbonyl (C=O) groups is 1. The average molecular weight is 277 g/mol. The summed E-state index contributed by atoms with van der Waals surface area (Å²) in [7, 11) is 3.31. The minimum Gasteiger partial charge on any atom is -0.379 e. The lowest BCUT2D eigenvalue weighted by Crippen LogP contribution is -2.22. The molecule has 1 saturated carbocycles. The van der Waals surface area contributed by atoms with E-state index in [9.17, 15) is 14.9 Å². The number of carbonyl (C=O) groups excluding carboxylic acids is 1. The second kappa shape index (κ2) is 5.11. The fourth-order valence-corrected chi connectivity index (χ4v) is 1.93. The third-order valence-electron chi connectivity index (χ3n) is 3.66. The van der Waals surface area contributed by atoms with Crippen molar-refractivity contribution in [3.8, 4) is 0 Å². The van der Waals surface area contributed by atoms with Gasteiger partial charge in [0.1, 0.15) is 5.69 Å². The highest BCUT2D eigenvalue weighted by atomic mass is 16.6. The van der Waals surface area contributed by atoms with Crippen LogP contribution in [0.2, 0.25) is 0 Å². The van der Waals surface area contributed by atoms with Crippen LogP contribution in [0.1, 0.15) is 30.1 Å². The molecule has 0 unspecified atom stereocenters. The summed E-state index contributed by atoms with van der Waals surface area (Å²) in [6.45, 7) is 2.83. The van der Waals surface area contributed by atoms with Gasteiger partial charge >= 0.3 is 0 Å². The lowest BCUT2D eigenvalue weighted by Gasteiger charge is -2.14. The third kappa shape index (κ3) is 3.07. The molecule has 20 heavy (non-hydrogen) atoms. The molecule has 108 valence electrons. The first-order valence-corrected chi connectivity index (χ1v) is 6.56. The quantitative estimate of drug-likeness (QED) is 0.662. The van der Waals surface area contributed by atoms with Crippen LogP contribution in [0.4, 0.5) is 11.4 Å². The number of rotatable bonds is 5. The maximum absolute atomic E-state index is 11.9. The first-order valence-electron chi connectivity index (χ1n) is 6.56. The normalized spacial score (nSPS) is 15.6. The number of hydrogen-bond donors (Lipinski definition) is 1. The van der Waals surface area contributed by atoms with E-state index in [4.69, 9.17) is 0 Å². The molecular weight excluding hydrogens is 258 g/mol. The molecular formula is C14H19N3O3. The number of anilines is 1. The van der Waals surface area contributed by atoms with Crippen molar-refractivity contribution in [2.24, 2.45) is 5.41 Å². The molecule has 1 aliphatic carbocycles. The number of nitrogens with one attached hydrogen (secondary N) is 1. The van der Waals surface area contributed by atoms with Crippen LogP contribution < -0.4 is 5.32 Å². The van der Waals surface area contributed by atoms with Gasteiger partial charge in [0.05, 0.1) is 4.92 Å². The first kappa shape index (κ1) is 14.3. The number of nitro benzene ring substituents is 1. The van der Waals surface area contributed by atoms with Crippen molar-refractivity contribution in [1.82, 2.24) is 4.90 Å². The van der Waals surface area contributed by atoms with E-state index in [1.807, 2.05) is 0 Å². The van der Waals surface area contributed by atoms with Gasteiger partial charge in [0.2, 0.25) is 0 Å². The van der Waals surface area contributed by atoms with Gasteiger partial charge in [-0.05, 0) is 30.4 Å². The topological polar surface area (TPSA) is 75.5 Å². The molecule has 1 aromatic carbocycles. The van der Waals surface area contributed by atoms with Gasteiger partial charge in [0, 0.05) is 32.3 Å². The molecule has 0 atom stereocenters. The Hall–Kier alpha value is -2.11. The maximum atomic E-state index is 11.9. The lowest BCUT2D eigenvalue weighted by molar-refractivity contribution is -0.384. The van der Waals surface area contributed by atoms with Gasteiger partial charge in [0.25, 0.3) is 11.6 Å². The fourth-order valence-electron chi connectivity index (χ4n) is 1.93. The molecule has 0 aromatic heterocycles. The molecule has 1 fully saturated rings. The maximum Gasteiger partial charge on any atom is 0.292 e. The second-order valence-corrected chi connectivity index (χ2v) is 5.85. The summed E-state index contributed by atoms with van der Waals surface area (Å²) in [4.78, 5) is 24.0. The van der Waals surface area contributed by atoms with Crippen LogP contribution in [-0.4, -0.2) is 36.4 Å². The predicted octanol–water partition coefficient (Wildman–Crippen LogP) is 2.51. The Balaban J connectivity index is 2.26. The average Bonchev–Trinajstić information content (AvgIpc) is 3.13. The van der Waals surface area contributed by atoms with Crippen LogP contribution in [0.5, 0.6) is 0 Å². The van der Waals surface area contributed by atoms with E-state index in [-0.39, 0.29) is 17.0 Å². The van der Waals surface area contributed by atoms with E-state index in [1.165, 1.54) is 17.0 Å². The fraction of sp³-hybridized carbons (Fsp3) is 0.500. The van der Waals surface area contributed by atoms with Crippen LogP contribution in [0.3, 0.4) is 0 Å².